The number of carboxylic acids is 1. The average Bonchev–Trinajstić information content (AvgIpc) is 2.74. The van der Waals surface area contributed by atoms with Crippen LogP contribution in [0.1, 0.15) is 0 Å². The third-order valence-electron chi connectivity index (χ3n) is 4.90. The first-order chi connectivity index (χ1) is 14.0. The Morgan fingerprint density at radius 1 is 1.24 bits per heavy atom. The molecule has 1 fully saturated rings. The lowest BCUT2D eigenvalue weighted by Crippen LogP contribution is -2.70. The van der Waals surface area contributed by atoms with Gasteiger partial charge < -0.3 is 20.5 Å². The van der Waals surface area contributed by atoms with E-state index in [2.05, 4.69) is 10.6 Å². The number of aliphatic carboxylic acids is 1. The zero-order chi connectivity index (χ0) is 20.5. The molecule has 2 aromatic rings. The van der Waals surface area contributed by atoms with Crippen molar-refractivity contribution >= 4 is 46.0 Å². The smallest absolute Gasteiger partial charge is 0.356 e. The second-order valence-corrected chi connectivity index (χ2v) is 7.76. The second kappa shape index (κ2) is 7.67. The largest absolute Gasteiger partial charge is 0.498 e. The van der Waals surface area contributed by atoms with Gasteiger partial charge in [-0.2, -0.15) is 0 Å². The van der Waals surface area contributed by atoms with Crippen LogP contribution in [0.5, 0.6) is 0 Å². The molecule has 0 aromatic heterocycles. The van der Waals surface area contributed by atoms with Gasteiger partial charge in [0.25, 0.3) is 5.91 Å². The minimum Gasteiger partial charge on any atom is -0.498 e. The fraction of sp³-hybridized carbons (Fsp3) is 0.250. The molecule has 2 heterocycles. The van der Waals surface area contributed by atoms with Crippen LogP contribution in [-0.2, 0) is 19.1 Å². The summed E-state index contributed by atoms with van der Waals surface area (Å²) in [5.41, 5.74) is 0.648. The SMILES string of the molecule is COC1=C(C(=O)O)N2C(=O)C(NC(=O)CNc3ccc4ccccc4c3)[C@@H]2SC1. The maximum Gasteiger partial charge on any atom is 0.356 e. The van der Waals surface area contributed by atoms with Crippen LogP contribution < -0.4 is 10.6 Å². The minimum atomic E-state index is -1.22. The lowest BCUT2D eigenvalue weighted by atomic mass is 10.0. The van der Waals surface area contributed by atoms with Crippen molar-refractivity contribution in [3.8, 4) is 0 Å². The molecule has 4 rings (SSSR count). The molecule has 2 atom stereocenters. The number of benzene rings is 2. The second-order valence-electron chi connectivity index (χ2n) is 6.65. The Bertz CT molecular complexity index is 1040. The Morgan fingerprint density at radius 3 is 2.72 bits per heavy atom. The molecule has 0 bridgehead atoms. The van der Waals surface area contributed by atoms with E-state index in [9.17, 15) is 19.5 Å². The molecule has 2 aromatic carbocycles. The Kier molecular flexibility index (Phi) is 5.06. The highest BCUT2D eigenvalue weighted by molar-refractivity contribution is 8.00. The average molecular weight is 413 g/mol. The van der Waals surface area contributed by atoms with E-state index in [4.69, 9.17) is 4.74 Å². The Labute approximate surface area is 170 Å². The maximum absolute atomic E-state index is 12.5. The molecule has 3 N–H and O–H groups in total. The van der Waals surface area contributed by atoms with Crippen LogP contribution in [0.2, 0.25) is 0 Å². The molecule has 0 saturated carbocycles. The Hall–Kier alpha value is -3.20. The quantitative estimate of drug-likeness (QED) is 0.617. The van der Waals surface area contributed by atoms with E-state index in [1.54, 1.807) is 0 Å². The highest BCUT2D eigenvalue weighted by atomic mass is 32.2. The molecule has 0 radical (unpaired) electrons. The van der Waals surface area contributed by atoms with Crippen molar-refractivity contribution in [2.24, 2.45) is 0 Å². The standard InChI is InChI=1S/C20H19N3O5S/c1-28-14-10-29-19-16(18(25)23(19)17(14)20(26)27)22-15(24)9-21-13-7-6-11-4-2-3-5-12(11)8-13/h2-8,16,19,21H,9-10H2,1H3,(H,22,24)(H,26,27)/t16?,19-/m0/s1. The van der Waals surface area contributed by atoms with Crippen molar-refractivity contribution < 1.29 is 24.2 Å². The summed E-state index contributed by atoms with van der Waals surface area (Å²) in [6.07, 6.45) is 0. The molecule has 0 spiro atoms. The topological polar surface area (TPSA) is 108 Å². The van der Waals surface area contributed by atoms with Gasteiger partial charge in [-0.25, -0.2) is 4.79 Å². The summed E-state index contributed by atoms with van der Waals surface area (Å²) in [6, 6.07) is 13.0. The molecular formula is C20H19N3O5S. The Morgan fingerprint density at radius 2 is 2.00 bits per heavy atom. The summed E-state index contributed by atoms with van der Waals surface area (Å²) in [5.74, 6) is -1.43. The molecule has 2 aliphatic rings. The number of hydrogen-bond donors (Lipinski definition) is 3. The van der Waals surface area contributed by atoms with Crippen LogP contribution in [0.4, 0.5) is 5.69 Å². The molecular weight excluding hydrogens is 394 g/mol. The zero-order valence-corrected chi connectivity index (χ0v) is 16.4. The predicted molar refractivity (Wildman–Crippen MR) is 109 cm³/mol. The first-order valence-electron chi connectivity index (χ1n) is 8.96. The van der Waals surface area contributed by atoms with Gasteiger partial charge in [-0.05, 0) is 22.9 Å². The first-order valence-corrected chi connectivity index (χ1v) is 10.0. The Balaban J connectivity index is 1.37. The lowest BCUT2D eigenvalue weighted by molar-refractivity contribution is -0.151. The van der Waals surface area contributed by atoms with E-state index in [1.807, 2.05) is 42.5 Å². The summed E-state index contributed by atoms with van der Waals surface area (Å²) in [7, 11) is 1.38. The molecule has 8 nitrogen and oxygen atoms in total. The number of β-lactam (4-membered cyclic amide) rings is 1. The third kappa shape index (κ3) is 3.49. The fourth-order valence-corrected chi connectivity index (χ4v) is 4.77. The van der Waals surface area contributed by atoms with Gasteiger partial charge in [0.2, 0.25) is 5.91 Å². The third-order valence-corrected chi connectivity index (χ3v) is 6.15. The van der Waals surface area contributed by atoms with Gasteiger partial charge in [0, 0.05) is 5.69 Å². The molecule has 150 valence electrons. The van der Waals surface area contributed by atoms with Crippen molar-refractivity contribution in [3.05, 3.63) is 53.9 Å². The van der Waals surface area contributed by atoms with E-state index in [0.717, 1.165) is 16.5 Å². The van der Waals surface area contributed by atoms with Crippen LogP contribution in [0.3, 0.4) is 0 Å². The number of anilines is 1. The van der Waals surface area contributed by atoms with Crippen molar-refractivity contribution in [1.82, 2.24) is 10.2 Å². The van der Waals surface area contributed by atoms with E-state index < -0.39 is 23.3 Å². The van der Waals surface area contributed by atoms with E-state index in [1.165, 1.54) is 23.8 Å². The highest BCUT2D eigenvalue weighted by Crippen LogP contribution is 2.40. The van der Waals surface area contributed by atoms with Crippen molar-refractivity contribution in [3.63, 3.8) is 0 Å². The summed E-state index contributed by atoms with van der Waals surface area (Å²) in [5, 5.41) is 16.9. The van der Waals surface area contributed by atoms with Gasteiger partial charge in [0.1, 0.15) is 17.2 Å². The fourth-order valence-electron chi connectivity index (χ4n) is 3.45. The minimum absolute atomic E-state index is 0.00442. The molecule has 9 heteroatoms. The number of nitrogens with zero attached hydrogens (tertiary/aromatic N) is 1. The highest BCUT2D eigenvalue weighted by Gasteiger charge is 2.54. The van der Waals surface area contributed by atoms with Crippen molar-refractivity contribution in [2.75, 3.05) is 24.7 Å². The molecule has 2 aliphatic heterocycles. The summed E-state index contributed by atoms with van der Waals surface area (Å²) in [4.78, 5) is 37.5. The number of fused-ring (bicyclic) bond motifs is 2. The van der Waals surface area contributed by atoms with Gasteiger partial charge in [0.05, 0.1) is 19.4 Å². The summed E-state index contributed by atoms with van der Waals surface area (Å²) < 4.78 is 5.09. The number of ether oxygens (including phenoxy) is 1. The molecule has 2 amide bonds. The van der Waals surface area contributed by atoms with Crippen molar-refractivity contribution in [1.29, 1.82) is 0 Å². The summed E-state index contributed by atoms with van der Waals surface area (Å²) >= 11 is 1.36. The zero-order valence-electron chi connectivity index (χ0n) is 15.5. The number of carbonyl (C=O) groups excluding carboxylic acids is 2. The van der Waals surface area contributed by atoms with Gasteiger partial charge >= 0.3 is 5.97 Å². The predicted octanol–water partition coefficient (Wildman–Crippen LogP) is 1.59. The lowest BCUT2D eigenvalue weighted by Gasteiger charge is -2.48. The van der Waals surface area contributed by atoms with Gasteiger partial charge in [-0.1, -0.05) is 30.3 Å². The number of nitrogens with one attached hydrogen (secondary N) is 2. The van der Waals surface area contributed by atoms with Crippen LogP contribution >= 0.6 is 11.8 Å². The normalized spacial score (nSPS) is 20.7. The number of carboxylic acid groups (broad SMARTS) is 1. The molecule has 1 unspecified atom stereocenters. The van der Waals surface area contributed by atoms with E-state index in [-0.39, 0.29) is 23.9 Å². The van der Waals surface area contributed by atoms with E-state index >= 15 is 0 Å². The van der Waals surface area contributed by atoms with Crippen molar-refractivity contribution in [2.45, 2.75) is 11.4 Å². The maximum atomic E-state index is 12.5. The van der Waals surface area contributed by atoms with Gasteiger partial charge in [0.15, 0.2) is 5.70 Å². The number of methoxy groups -OCH3 is 1. The van der Waals surface area contributed by atoms with Crippen LogP contribution in [-0.4, -0.2) is 58.6 Å². The van der Waals surface area contributed by atoms with Crippen LogP contribution in [0.15, 0.2) is 53.9 Å². The monoisotopic (exact) mass is 413 g/mol. The molecule has 0 aliphatic carbocycles. The van der Waals surface area contributed by atoms with Crippen LogP contribution in [0.25, 0.3) is 10.8 Å². The number of thioether (sulfide) groups is 1. The van der Waals surface area contributed by atoms with Gasteiger partial charge in [-0.15, -0.1) is 11.8 Å². The number of carbonyl (C=O) groups is 3. The van der Waals surface area contributed by atoms with Gasteiger partial charge in [-0.3, -0.25) is 14.5 Å². The first kappa shape index (κ1) is 19.1. The molecule has 29 heavy (non-hydrogen) atoms. The summed E-state index contributed by atoms with van der Waals surface area (Å²) in [6.45, 7) is 0.00442. The number of amides is 2. The van der Waals surface area contributed by atoms with E-state index in [0.29, 0.717) is 5.75 Å². The van der Waals surface area contributed by atoms with Crippen LogP contribution in [0, 0.1) is 0 Å². The molecule has 1 saturated heterocycles. The number of hydrogen-bond acceptors (Lipinski definition) is 6. The number of rotatable bonds is 6.